The molecule has 0 bridgehead atoms. The van der Waals surface area contributed by atoms with Gasteiger partial charge in [-0.3, -0.25) is 4.79 Å². The molecule has 0 aromatic rings. The van der Waals surface area contributed by atoms with Crippen molar-refractivity contribution in [3.63, 3.8) is 0 Å². The smallest absolute Gasteiger partial charge is 0.158 e. The van der Waals surface area contributed by atoms with Gasteiger partial charge in [-0.2, -0.15) is 0 Å². The SMILES string of the molecule is C=CC(C)(O)CCC1=C(C)C(=O)CC2C(C)(C)CCCC12C. The standard InChI is InChI=1S/C20H32O2/c1-7-19(5,22)12-9-15-14(2)16(21)13-17-18(3,4)10-8-11-20(15,17)6/h7,17,22H,1,8-13H2,2-6H3. The largest absolute Gasteiger partial charge is 0.386 e. The molecule has 0 aromatic carbocycles. The minimum Gasteiger partial charge on any atom is -0.386 e. The van der Waals surface area contributed by atoms with E-state index in [-0.39, 0.29) is 10.8 Å². The van der Waals surface area contributed by atoms with Crippen molar-refractivity contribution in [2.45, 2.75) is 78.7 Å². The van der Waals surface area contributed by atoms with Gasteiger partial charge in [0.05, 0.1) is 5.60 Å². The second kappa shape index (κ2) is 5.63. The summed E-state index contributed by atoms with van der Waals surface area (Å²) in [5.74, 6) is 0.735. The highest BCUT2D eigenvalue weighted by Crippen LogP contribution is 2.59. The average Bonchev–Trinajstić information content (AvgIpc) is 2.41. The second-order valence-corrected chi connectivity index (χ2v) is 8.60. The molecule has 0 aromatic heterocycles. The molecule has 124 valence electrons. The lowest BCUT2D eigenvalue weighted by Crippen LogP contribution is -2.47. The van der Waals surface area contributed by atoms with Crippen LogP contribution in [0.4, 0.5) is 0 Å². The van der Waals surface area contributed by atoms with Gasteiger partial charge in [-0.25, -0.2) is 0 Å². The Morgan fingerprint density at radius 3 is 2.59 bits per heavy atom. The van der Waals surface area contributed by atoms with Crippen molar-refractivity contribution in [3.05, 3.63) is 23.8 Å². The third kappa shape index (κ3) is 2.95. The normalized spacial score (nSPS) is 34.1. The van der Waals surface area contributed by atoms with Gasteiger partial charge in [-0.1, -0.05) is 38.8 Å². The number of hydrogen-bond acceptors (Lipinski definition) is 2. The van der Waals surface area contributed by atoms with Crippen LogP contribution < -0.4 is 0 Å². The number of fused-ring (bicyclic) bond motifs is 1. The number of hydrogen-bond donors (Lipinski definition) is 1. The van der Waals surface area contributed by atoms with Crippen LogP contribution in [0.2, 0.25) is 0 Å². The molecule has 2 heteroatoms. The van der Waals surface area contributed by atoms with E-state index in [0.717, 1.165) is 18.4 Å². The van der Waals surface area contributed by atoms with Crippen LogP contribution in [0.3, 0.4) is 0 Å². The first kappa shape index (κ1) is 17.5. The van der Waals surface area contributed by atoms with E-state index in [4.69, 9.17) is 0 Å². The topological polar surface area (TPSA) is 37.3 Å². The lowest BCUT2D eigenvalue weighted by atomic mass is 9.49. The number of carbonyl (C=O) groups is 1. The van der Waals surface area contributed by atoms with Crippen LogP contribution in [0, 0.1) is 16.7 Å². The van der Waals surface area contributed by atoms with E-state index in [0.29, 0.717) is 24.5 Å². The van der Waals surface area contributed by atoms with Gasteiger partial charge < -0.3 is 5.11 Å². The zero-order valence-electron chi connectivity index (χ0n) is 15.0. The third-order valence-corrected chi connectivity index (χ3v) is 6.50. The molecule has 0 spiro atoms. The van der Waals surface area contributed by atoms with Gasteiger partial charge in [-0.15, -0.1) is 6.58 Å². The van der Waals surface area contributed by atoms with E-state index in [2.05, 4.69) is 27.4 Å². The van der Waals surface area contributed by atoms with Crippen LogP contribution in [0.1, 0.15) is 73.1 Å². The third-order valence-electron chi connectivity index (χ3n) is 6.50. The molecular formula is C20H32O2. The van der Waals surface area contributed by atoms with Gasteiger partial charge in [0.25, 0.3) is 0 Å². The summed E-state index contributed by atoms with van der Waals surface area (Å²) >= 11 is 0. The van der Waals surface area contributed by atoms with Crippen molar-refractivity contribution >= 4 is 5.78 Å². The molecule has 3 unspecified atom stereocenters. The summed E-state index contributed by atoms with van der Waals surface area (Å²) < 4.78 is 0. The summed E-state index contributed by atoms with van der Waals surface area (Å²) in [6.07, 6.45) is 7.32. The molecule has 2 aliphatic carbocycles. The molecule has 2 nitrogen and oxygen atoms in total. The Balaban J connectivity index is 2.38. The summed E-state index contributed by atoms with van der Waals surface area (Å²) in [4.78, 5) is 12.5. The quantitative estimate of drug-likeness (QED) is 0.756. The molecule has 2 aliphatic rings. The summed E-state index contributed by atoms with van der Waals surface area (Å²) in [5, 5.41) is 10.3. The van der Waals surface area contributed by atoms with Crippen molar-refractivity contribution in [3.8, 4) is 0 Å². The molecule has 0 radical (unpaired) electrons. The van der Waals surface area contributed by atoms with Crippen LogP contribution in [-0.2, 0) is 4.79 Å². The molecule has 0 saturated heterocycles. The maximum atomic E-state index is 12.5. The van der Waals surface area contributed by atoms with Crippen LogP contribution >= 0.6 is 0 Å². The molecule has 1 saturated carbocycles. The molecule has 22 heavy (non-hydrogen) atoms. The Kier molecular flexibility index (Phi) is 4.47. The van der Waals surface area contributed by atoms with E-state index < -0.39 is 5.60 Å². The first-order valence-corrected chi connectivity index (χ1v) is 8.63. The first-order chi connectivity index (χ1) is 10.0. The van der Waals surface area contributed by atoms with Gasteiger partial charge >= 0.3 is 0 Å². The van der Waals surface area contributed by atoms with Crippen LogP contribution in [0.5, 0.6) is 0 Å². The van der Waals surface area contributed by atoms with Crippen molar-refractivity contribution < 1.29 is 9.90 Å². The summed E-state index contributed by atoms with van der Waals surface area (Å²) in [7, 11) is 0. The summed E-state index contributed by atoms with van der Waals surface area (Å²) in [6.45, 7) is 14.5. The molecule has 1 N–H and O–H groups in total. The van der Waals surface area contributed by atoms with Crippen LogP contribution in [0.25, 0.3) is 0 Å². The van der Waals surface area contributed by atoms with Crippen molar-refractivity contribution in [2.75, 3.05) is 0 Å². The number of aliphatic hydroxyl groups is 1. The highest BCUT2D eigenvalue weighted by atomic mass is 16.3. The zero-order valence-corrected chi connectivity index (χ0v) is 15.0. The maximum absolute atomic E-state index is 12.5. The molecule has 1 fully saturated rings. The molecule has 2 rings (SSSR count). The average molecular weight is 304 g/mol. The van der Waals surface area contributed by atoms with E-state index in [1.54, 1.807) is 13.0 Å². The molecule has 0 amide bonds. The van der Waals surface area contributed by atoms with Gasteiger partial charge in [0.15, 0.2) is 5.78 Å². The minimum absolute atomic E-state index is 0.108. The predicted molar refractivity (Wildman–Crippen MR) is 91.6 cm³/mol. The Bertz CT molecular complexity index is 510. The summed E-state index contributed by atoms with van der Waals surface area (Å²) in [6, 6.07) is 0. The van der Waals surface area contributed by atoms with Crippen molar-refractivity contribution in [1.82, 2.24) is 0 Å². The highest BCUT2D eigenvalue weighted by molar-refractivity contribution is 5.97. The number of carbonyl (C=O) groups excluding carboxylic acids is 1. The second-order valence-electron chi connectivity index (χ2n) is 8.60. The molecule has 0 heterocycles. The molecule has 0 aliphatic heterocycles. The Hall–Kier alpha value is -0.890. The van der Waals surface area contributed by atoms with Gasteiger partial charge in [0, 0.05) is 6.42 Å². The predicted octanol–water partition coefficient (Wildman–Crippen LogP) is 4.83. The van der Waals surface area contributed by atoms with E-state index in [1.165, 1.54) is 18.4 Å². The number of rotatable bonds is 4. The van der Waals surface area contributed by atoms with Crippen molar-refractivity contribution in [1.29, 1.82) is 0 Å². The molecular weight excluding hydrogens is 272 g/mol. The number of ketones is 1. The Labute approximate surface area is 135 Å². The van der Waals surface area contributed by atoms with E-state index >= 15 is 0 Å². The van der Waals surface area contributed by atoms with E-state index in [9.17, 15) is 9.90 Å². The van der Waals surface area contributed by atoms with Gasteiger partial charge in [0.1, 0.15) is 0 Å². The number of allylic oxidation sites excluding steroid dienone is 2. The van der Waals surface area contributed by atoms with Crippen molar-refractivity contribution in [2.24, 2.45) is 16.7 Å². The minimum atomic E-state index is -0.857. The fourth-order valence-electron chi connectivity index (χ4n) is 4.87. The summed E-state index contributed by atoms with van der Waals surface area (Å²) in [5.41, 5.74) is 1.72. The van der Waals surface area contributed by atoms with Crippen LogP contribution in [-0.4, -0.2) is 16.5 Å². The Morgan fingerprint density at radius 1 is 1.36 bits per heavy atom. The lowest BCUT2D eigenvalue weighted by Gasteiger charge is -2.54. The fourth-order valence-corrected chi connectivity index (χ4v) is 4.87. The van der Waals surface area contributed by atoms with Gasteiger partial charge in [-0.05, 0) is 61.9 Å². The van der Waals surface area contributed by atoms with E-state index in [1.807, 2.05) is 6.92 Å². The number of Topliss-reactive ketones (excluding diaryl/α,β-unsaturated/α-hetero) is 1. The maximum Gasteiger partial charge on any atom is 0.158 e. The lowest BCUT2D eigenvalue weighted by molar-refractivity contribution is -0.122. The van der Waals surface area contributed by atoms with Gasteiger partial charge in [0.2, 0.25) is 0 Å². The monoisotopic (exact) mass is 304 g/mol. The highest BCUT2D eigenvalue weighted by Gasteiger charge is 2.51. The van der Waals surface area contributed by atoms with Crippen LogP contribution in [0.15, 0.2) is 23.8 Å². The Morgan fingerprint density at radius 2 is 2.00 bits per heavy atom. The molecule has 3 atom stereocenters. The fraction of sp³-hybridized carbons (Fsp3) is 0.750. The first-order valence-electron chi connectivity index (χ1n) is 8.63. The zero-order chi connectivity index (χ0) is 16.8.